The van der Waals surface area contributed by atoms with E-state index in [0.717, 1.165) is 51.9 Å². The third kappa shape index (κ3) is 4.66. The largest absolute Gasteiger partial charge is 0.496 e. The van der Waals surface area contributed by atoms with Gasteiger partial charge < -0.3 is 19.3 Å². The highest BCUT2D eigenvalue weighted by Gasteiger charge is 2.28. The minimum absolute atomic E-state index is 0.00579. The van der Waals surface area contributed by atoms with Gasteiger partial charge in [-0.2, -0.15) is 0 Å². The van der Waals surface area contributed by atoms with Crippen LogP contribution >= 0.6 is 11.6 Å². The summed E-state index contributed by atoms with van der Waals surface area (Å²) in [5.41, 5.74) is 0.571. The molecule has 5 nitrogen and oxygen atoms in total. The zero-order chi connectivity index (χ0) is 17.8. The first-order chi connectivity index (χ1) is 12.1. The second kappa shape index (κ2) is 8.39. The Kier molecular flexibility index (Phi) is 6.20. The molecule has 0 radical (unpaired) electrons. The van der Waals surface area contributed by atoms with E-state index in [4.69, 9.17) is 21.1 Å². The second-order valence-electron chi connectivity index (χ2n) is 6.97. The lowest BCUT2D eigenvalue weighted by atomic mass is 10.0. The van der Waals surface area contributed by atoms with Crippen LogP contribution in [0.2, 0.25) is 5.02 Å². The van der Waals surface area contributed by atoms with Gasteiger partial charge >= 0.3 is 0 Å². The molecular weight excluding hydrogens is 340 g/mol. The first kappa shape index (κ1) is 18.5. The normalized spacial score (nSPS) is 20.7. The molecule has 3 rings (SSSR count). The van der Waals surface area contributed by atoms with Crippen LogP contribution in [0, 0.1) is 0 Å². The fourth-order valence-electron chi connectivity index (χ4n) is 3.60. The summed E-state index contributed by atoms with van der Waals surface area (Å²) in [5.74, 6) is 0.536. The third-order valence-electron chi connectivity index (χ3n) is 5.17. The lowest BCUT2D eigenvalue weighted by molar-refractivity contribution is -0.0599. The third-order valence-corrected chi connectivity index (χ3v) is 5.41. The molecule has 2 aliphatic rings. The molecule has 25 heavy (non-hydrogen) atoms. The number of carbonyl (C=O) groups is 1. The Bertz CT molecular complexity index is 594. The lowest BCUT2D eigenvalue weighted by Gasteiger charge is -2.36. The molecule has 2 fully saturated rings. The van der Waals surface area contributed by atoms with E-state index >= 15 is 0 Å². The fourth-order valence-corrected chi connectivity index (χ4v) is 3.76. The average Bonchev–Trinajstić information content (AvgIpc) is 2.63. The van der Waals surface area contributed by atoms with Gasteiger partial charge in [-0.05, 0) is 50.9 Å². The second-order valence-corrected chi connectivity index (χ2v) is 7.41. The van der Waals surface area contributed by atoms with Crippen LogP contribution in [0.3, 0.4) is 0 Å². The van der Waals surface area contributed by atoms with E-state index in [-0.39, 0.29) is 12.0 Å². The van der Waals surface area contributed by atoms with Crippen LogP contribution in [-0.4, -0.2) is 68.3 Å². The molecule has 0 aromatic heterocycles. The maximum absolute atomic E-state index is 12.8. The first-order valence-electron chi connectivity index (χ1n) is 9.03. The number of likely N-dealkylation sites (tertiary alicyclic amines) is 2. The van der Waals surface area contributed by atoms with Gasteiger partial charge in [-0.25, -0.2) is 0 Å². The number of ether oxygens (including phenoxy) is 2. The van der Waals surface area contributed by atoms with E-state index in [1.807, 2.05) is 4.90 Å². The molecule has 0 saturated carbocycles. The van der Waals surface area contributed by atoms with Gasteiger partial charge in [0.05, 0.1) is 24.9 Å². The molecule has 0 unspecified atom stereocenters. The van der Waals surface area contributed by atoms with Gasteiger partial charge in [0.25, 0.3) is 5.91 Å². The SMILES string of the molecule is COc1cc(Cl)ccc1C(=O)N1CCC(OC2CCN(C)CC2)CC1. The molecule has 2 aliphatic heterocycles. The monoisotopic (exact) mass is 366 g/mol. The van der Waals surface area contributed by atoms with Crippen molar-refractivity contribution in [1.29, 1.82) is 0 Å². The number of hydrogen-bond donors (Lipinski definition) is 0. The number of carbonyl (C=O) groups excluding carboxylic acids is 1. The van der Waals surface area contributed by atoms with Crippen molar-refractivity contribution >= 4 is 17.5 Å². The number of methoxy groups -OCH3 is 1. The minimum atomic E-state index is 0.00579. The van der Waals surface area contributed by atoms with E-state index in [1.54, 1.807) is 25.3 Å². The molecule has 0 atom stereocenters. The number of halogens is 1. The van der Waals surface area contributed by atoms with Crippen molar-refractivity contribution in [2.45, 2.75) is 37.9 Å². The number of hydrogen-bond acceptors (Lipinski definition) is 4. The molecule has 0 aliphatic carbocycles. The average molecular weight is 367 g/mol. The Morgan fingerprint density at radius 2 is 1.68 bits per heavy atom. The molecule has 1 aromatic carbocycles. The van der Waals surface area contributed by atoms with Gasteiger partial charge in [0.2, 0.25) is 0 Å². The summed E-state index contributed by atoms with van der Waals surface area (Å²) in [6, 6.07) is 5.16. The molecule has 2 heterocycles. The molecule has 6 heteroatoms. The zero-order valence-electron chi connectivity index (χ0n) is 15.0. The molecule has 1 aromatic rings. The first-order valence-corrected chi connectivity index (χ1v) is 9.41. The predicted molar refractivity (Wildman–Crippen MR) is 98.5 cm³/mol. The maximum atomic E-state index is 12.8. The van der Waals surface area contributed by atoms with E-state index < -0.39 is 0 Å². The molecule has 2 saturated heterocycles. The Labute approximate surface area is 154 Å². The summed E-state index contributed by atoms with van der Waals surface area (Å²) in [5, 5.41) is 0.568. The number of piperidine rings is 2. The van der Waals surface area contributed by atoms with Crippen molar-refractivity contribution in [3.05, 3.63) is 28.8 Å². The Morgan fingerprint density at radius 1 is 1.08 bits per heavy atom. The summed E-state index contributed by atoms with van der Waals surface area (Å²) in [6.45, 7) is 3.67. The quantitative estimate of drug-likeness (QED) is 0.821. The molecule has 0 spiro atoms. The van der Waals surface area contributed by atoms with Crippen LogP contribution in [0.5, 0.6) is 5.75 Å². The van der Waals surface area contributed by atoms with E-state index in [0.29, 0.717) is 22.4 Å². The standard InChI is InChI=1S/C19H27ClN2O3/c1-21-9-5-15(6-10-21)25-16-7-11-22(12-8-16)19(23)17-4-3-14(20)13-18(17)24-2/h3-4,13,15-16H,5-12H2,1-2H3. The highest BCUT2D eigenvalue weighted by Crippen LogP contribution is 2.26. The fraction of sp³-hybridized carbons (Fsp3) is 0.632. The van der Waals surface area contributed by atoms with E-state index in [1.165, 1.54) is 0 Å². The summed E-state index contributed by atoms with van der Waals surface area (Å²) in [6.07, 6.45) is 4.65. The van der Waals surface area contributed by atoms with Gasteiger partial charge in [-0.3, -0.25) is 4.79 Å². The van der Waals surface area contributed by atoms with Gasteiger partial charge in [0.15, 0.2) is 0 Å². The number of nitrogens with zero attached hydrogens (tertiary/aromatic N) is 2. The molecule has 138 valence electrons. The Balaban J connectivity index is 1.52. The Hall–Kier alpha value is -1.30. The predicted octanol–water partition coefficient (Wildman–Crippen LogP) is 3.06. The van der Waals surface area contributed by atoms with E-state index in [2.05, 4.69) is 11.9 Å². The van der Waals surface area contributed by atoms with Crippen molar-refractivity contribution < 1.29 is 14.3 Å². The van der Waals surface area contributed by atoms with Crippen LogP contribution in [0.15, 0.2) is 18.2 Å². The summed E-state index contributed by atoms with van der Waals surface area (Å²) < 4.78 is 11.6. The topological polar surface area (TPSA) is 42.0 Å². The summed E-state index contributed by atoms with van der Waals surface area (Å²) in [7, 11) is 3.72. The zero-order valence-corrected chi connectivity index (χ0v) is 15.8. The van der Waals surface area contributed by atoms with Crippen LogP contribution in [0.4, 0.5) is 0 Å². The van der Waals surface area contributed by atoms with Crippen molar-refractivity contribution in [1.82, 2.24) is 9.80 Å². The molecule has 0 N–H and O–H groups in total. The van der Waals surface area contributed by atoms with Crippen LogP contribution in [0.1, 0.15) is 36.0 Å². The maximum Gasteiger partial charge on any atom is 0.257 e. The molecular formula is C19H27ClN2O3. The Morgan fingerprint density at radius 3 is 2.28 bits per heavy atom. The highest BCUT2D eigenvalue weighted by molar-refractivity contribution is 6.30. The van der Waals surface area contributed by atoms with E-state index in [9.17, 15) is 4.79 Å². The van der Waals surface area contributed by atoms with Crippen molar-refractivity contribution in [3.63, 3.8) is 0 Å². The highest BCUT2D eigenvalue weighted by atomic mass is 35.5. The van der Waals surface area contributed by atoms with Gasteiger partial charge in [0, 0.05) is 31.2 Å². The van der Waals surface area contributed by atoms with Crippen LogP contribution in [-0.2, 0) is 4.74 Å². The smallest absolute Gasteiger partial charge is 0.257 e. The van der Waals surface area contributed by atoms with Crippen molar-refractivity contribution in [2.24, 2.45) is 0 Å². The number of benzene rings is 1. The summed E-state index contributed by atoms with van der Waals surface area (Å²) in [4.78, 5) is 17.0. The van der Waals surface area contributed by atoms with Gasteiger partial charge in [-0.15, -0.1) is 0 Å². The number of rotatable bonds is 4. The minimum Gasteiger partial charge on any atom is -0.496 e. The van der Waals surface area contributed by atoms with Crippen molar-refractivity contribution in [3.8, 4) is 5.75 Å². The molecule has 0 bridgehead atoms. The summed E-state index contributed by atoms with van der Waals surface area (Å²) >= 11 is 5.98. The lowest BCUT2D eigenvalue weighted by Crippen LogP contribution is -2.43. The van der Waals surface area contributed by atoms with Crippen LogP contribution < -0.4 is 4.74 Å². The van der Waals surface area contributed by atoms with Gasteiger partial charge in [0.1, 0.15) is 5.75 Å². The molecule has 1 amide bonds. The number of amides is 1. The van der Waals surface area contributed by atoms with Crippen LogP contribution in [0.25, 0.3) is 0 Å². The van der Waals surface area contributed by atoms with Crippen molar-refractivity contribution in [2.75, 3.05) is 40.3 Å². The van der Waals surface area contributed by atoms with Gasteiger partial charge in [-0.1, -0.05) is 11.6 Å².